The smallest absolute Gasteiger partial charge is 0.130 e. The second-order valence-electron chi connectivity index (χ2n) is 6.57. The van der Waals surface area contributed by atoms with Gasteiger partial charge in [0.05, 0.1) is 12.0 Å². The van der Waals surface area contributed by atoms with Gasteiger partial charge in [0.1, 0.15) is 5.82 Å². The Labute approximate surface area is 149 Å². The summed E-state index contributed by atoms with van der Waals surface area (Å²) in [6.07, 6.45) is 5.55. The fourth-order valence-electron chi connectivity index (χ4n) is 3.18. The Balaban J connectivity index is 1.70. The van der Waals surface area contributed by atoms with E-state index in [0.717, 1.165) is 23.7 Å². The van der Waals surface area contributed by atoms with E-state index in [4.69, 9.17) is 0 Å². The van der Waals surface area contributed by atoms with Gasteiger partial charge in [-0.1, -0.05) is 12.1 Å². The summed E-state index contributed by atoms with van der Waals surface area (Å²) in [4.78, 5) is 6.20. The first-order valence-electron chi connectivity index (χ1n) is 8.49. The van der Waals surface area contributed by atoms with Crippen LogP contribution >= 0.6 is 0 Å². The Morgan fingerprint density at radius 2 is 1.92 bits per heavy atom. The van der Waals surface area contributed by atoms with Gasteiger partial charge in [0, 0.05) is 57.4 Å². The van der Waals surface area contributed by atoms with Crippen molar-refractivity contribution in [3.05, 3.63) is 59.8 Å². The van der Waals surface area contributed by atoms with Crippen LogP contribution in [-0.4, -0.2) is 33.4 Å². The summed E-state index contributed by atoms with van der Waals surface area (Å²) < 4.78 is 3.95. The molecule has 3 aromatic rings. The van der Waals surface area contributed by atoms with Gasteiger partial charge < -0.3 is 14.8 Å². The molecule has 1 atom stereocenters. The van der Waals surface area contributed by atoms with Gasteiger partial charge in [-0.2, -0.15) is 5.10 Å². The number of benzene rings is 1. The van der Waals surface area contributed by atoms with Crippen LogP contribution in [0.4, 0.5) is 5.82 Å². The third kappa shape index (κ3) is 3.58. The second-order valence-corrected chi connectivity index (χ2v) is 6.57. The average Bonchev–Trinajstić information content (AvgIpc) is 3.20. The summed E-state index contributed by atoms with van der Waals surface area (Å²) in [6, 6.07) is 8.82. The first-order valence-corrected chi connectivity index (χ1v) is 8.49. The molecule has 0 aliphatic carbocycles. The lowest BCUT2D eigenvalue weighted by Crippen LogP contribution is -2.21. The number of nitrogens with zero attached hydrogens (tertiary/aromatic N) is 5. The molecule has 0 bridgehead atoms. The van der Waals surface area contributed by atoms with Crippen LogP contribution in [0.25, 0.3) is 5.69 Å². The van der Waals surface area contributed by atoms with Crippen molar-refractivity contribution in [2.75, 3.05) is 19.0 Å². The highest BCUT2D eigenvalue weighted by Gasteiger charge is 2.16. The summed E-state index contributed by atoms with van der Waals surface area (Å²) in [5.41, 5.74) is 4.69. The zero-order valence-electron chi connectivity index (χ0n) is 15.6. The van der Waals surface area contributed by atoms with E-state index in [1.54, 1.807) is 6.20 Å². The number of hydrogen-bond acceptors (Lipinski definition) is 4. The molecule has 1 aromatic carbocycles. The number of aryl methyl sites for hydroxylation is 2. The fourth-order valence-corrected chi connectivity index (χ4v) is 3.18. The molecule has 2 heterocycles. The van der Waals surface area contributed by atoms with Crippen LogP contribution in [-0.2, 0) is 13.6 Å². The molecular formula is C19H26N6. The zero-order chi connectivity index (χ0) is 18.0. The van der Waals surface area contributed by atoms with Crippen molar-refractivity contribution < 1.29 is 0 Å². The Bertz CT molecular complexity index is 814. The number of aromatic nitrogens is 4. The lowest BCUT2D eigenvalue weighted by molar-refractivity contribution is 0.573. The molecule has 3 rings (SSSR count). The van der Waals surface area contributed by atoms with E-state index in [1.165, 1.54) is 11.1 Å². The van der Waals surface area contributed by atoms with Crippen LogP contribution in [0.3, 0.4) is 0 Å². The predicted molar refractivity (Wildman–Crippen MR) is 101 cm³/mol. The van der Waals surface area contributed by atoms with E-state index in [0.29, 0.717) is 0 Å². The van der Waals surface area contributed by atoms with Gasteiger partial charge in [-0.25, -0.2) is 4.98 Å². The van der Waals surface area contributed by atoms with Crippen LogP contribution in [0.2, 0.25) is 0 Å². The number of anilines is 1. The van der Waals surface area contributed by atoms with Gasteiger partial charge in [0.15, 0.2) is 0 Å². The third-order valence-electron chi connectivity index (χ3n) is 4.52. The van der Waals surface area contributed by atoms with E-state index in [9.17, 15) is 0 Å². The summed E-state index contributed by atoms with van der Waals surface area (Å²) in [5, 5.41) is 8.17. The van der Waals surface area contributed by atoms with Crippen molar-refractivity contribution in [2.24, 2.45) is 7.05 Å². The van der Waals surface area contributed by atoms with Gasteiger partial charge in [-0.3, -0.25) is 4.68 Å². The van der Waals surface area contributed by atoms with Crippen molar-refractivity contribution in [1.82, 2.24) is 24.6 Å². The first-order chi connectivity index (χ1) is 12.0. The molecule has 0 radical (unpaired) electrons. The van der Waals surface area contributed by atoms with Crippen molar-refractivity contribution in [1.29, 1.82) is 0 Å². The summed E-state index contributed by atoms with van der Waals surface area (Å²) >= 11 is 0. The third-order valence-corrected chi connectivity index (χ3v) is 4.52. The maximum absolute atomic E-state index is 4.55. The van der Waals surface area contributed by atoms with E-state index in [2.05, 4.69) is 72.5 Å². The summed E-state index contributed by atoms with van der Waals surface area (Å²) in [7, 11) is 6.10. The standard InChI is InChI=1S/C19H26N6/c1-14(16-6-8-17(9-7-16)25-11-10-20-13-25)21-12-18-15(2)22-24(5)19(18)23(3)4/h6-11,13-14,21H,12H2,1-5H3. The highest BCUT2D eigenvalue weighted by atomic mass is 15.4. The Kier molecular flexibility index (Phi) is 4.90. The molecule has 0 saturated carbocycles. The van der Waals surface area contributed by atoms with Crippen LogP contribution in [0.5, 0.6) is 0 Å². The summed E-state index contributed by atoms with van der Waals surface area (Å²) in [5.74, 6) is 1.15. The SMILES string of the molecule is Cc1nn(C)c(N(C)C)c1CNC(C)c1ccc(-n2ccnc2)cc1. The van der Waals surface area contributed by atoms with Gasteiger partial charge in [0.2, 0.25) is 0 Å². The molecule has 0 amide bonds. The average molecular weight is 338 g/mol. The van der Waals surface area contributed by atoms with E-state index in [-0.39, 0.29) is 6.04 Å². The molecule has 6 heteroatoms. The maximum atomic E-state index is 4.55. The van der Waals surface area contributed by atoms with Crippen molar-refractivity contribution in [2.45, 2.75) is 26.4 Å². The van der Waals surface area contributed by atoms with Gasteiger partial charge >= 0.3 is 0 Å². The van der Waals surface area contributed by atoms with Crippen LogP contribution in [0.1, 0.15) is 29.8 Å². The fraction of sp³-hybridized carbons (Fsp3) is 0.368. The molecule has 1 N–H and O–H groups in total. The summed E-state index contributed by atoms with van der Waals surface area (Å²) in [6.45, 7) is 5.04. The number of nitrogens with one attached hydrogen (secondary N) is 1. The quantitative estimate of drug-likeness (QED) is 0.751. The van der Waals surface area contributed by atoms with Crippen molar-refractivity contribution in [3.8, 4) is 5.69 Å². The molecule has 2 aromatic heterocycles. The van der Waals surface area contributed by atoms with Crippen molar-refractivity contribution in [3.63, 3.8) is 0 Å². The van der Waals surface area contributed by atoms with Crippen LogP contribution in [0, 0.1) is 6.92 Å². The van der Waals surface area contributed by atoms with E-state index < -0.39 is 0 Å². The topological polar surface area (TPSA) is 50.9 Å². The minimum absolute atomic E-state index is 0.256. The van der Waals surface area contributed by atoms with E-state index in [1.807, 2.05) is 28.8 Å². The lowest BCUT2D eigenvalue weighted by atomic mass is 10.1. The largest absolute Gasteiger partial charge is 0.363 e. The molecule has 6 nitrogen and oxygen atoms in total. The highest BCUT2D eigenvalue weighted by molar-refractivity contribution is 5.49. The normalized spacial score (nSPS) is 12.4. The number of imidazole rings is 1. The Morgan fingerprint density at radius 3 is 2.52 bits per heavy atom. The highest BCUT2D eigenvalue weighted by Crippen LogP contribution is 2.23. The van der Waals surface area contributed by atoms with Gasteiger partial charge in [-0.05, 0) is 31.5 Å². The second kappa shape index (κ2) is 7.11. The number of hydrogen-bond donors (Lipinski definition) is 1. The van der Waals surface area contributed by atoms with Crippen LogP contribution < -0.4 is 10.2 Å². The first kappa shape index (κ1) is 17.2. The number of rotatable bonds is 6. The minimum Gasteiger partial charge on any atom is -0.363 e. The predicted octanol–water partition coefficient (Wildman–Crippen LogP) is 2.83. The molecule has 132 valence electrons. The molecule has 1 unspecified atom stereocenters. The van der Waals surface area contributed by atoms with Gasteiger partial charge in [-0.15, -0.1) is 0 Å². The molecular weight excluding hydrogens is 312 g/mol. The van der Waals surface area contributed by atoms with Gasteiger partial charge in [0.25, 0.3) is 0 Å². The Morgan fingerprint density at radius 1 is 1.20 bits per heavy atom. The Hall–Kier alpha value is -2.60. The van der Waals surface area contributed by atoms with Crippen LogP contribution in [0.15, 0.2) is 43.0 Å². The molecule has 0 aliphatic rings. The van der Waals surface area contributed by atoms with Crippen molar-refractivity contribution >= 4 is 5.82 Å². The lowest BCUT2D eigenvalue weighted by Gasteiger charge is -2.18. The van der Waals surface area contributed by atoms with E-state index >= 15 is 0 Å². The molecule has 0 spiro atoms. The maximum Gasteiger partial charge on any atom is 0.130 e. The molecule has 0 aliphatic heterocycles. The molecule has 0 fully saturated rings. The zero-order valence-corrected chi connectivity index (χ0v) is 15.6. The molecule has 0 saturated heterocycles. The minimum atomic E-state index is 0.256. The monoisotopic (exact) mass is 338 g/mol. The molecule has 25 heavy (non-hydrogen) atoms.